The molecule has 0 aromatic carbocycles. The first-order chi connectivity index (χ1) is 18.3. The first-order valence-corrected chi connectivity index (χ1v) is 18.2. The number of ether oxygens (including phenoxy) is 1. The van der Waals surface area contributed by atoms with E-state index in [9.17, 15) is 0 Å². The normalized spacial score (nSPS) is 12.9. The van der Waals surface area contributed by atoms with Crippen LogP contribution in [0.3, 0.4) is 0 Å². The monoisotopic (exact) mass is 604 g/mol. The first kappa shape index (κ1) is 45.1. The van der Waals surface area contributed by atoms with Crippen LogP contribution in [0.4, 0.5) is 0 Å². The SMILES string of the molecule is CCCCCCCCC(CCCCCC)COCC(CCCCCC)CCCCCCCC.O=P(O)(O)O.[KH]. The number of hydrogen-bond donors (Lipinski definition) is 3. The number of unbranched alkanes of at least 4 members (excludes halogenated alkanes) is 16. The van der Waals surface area contributed by atoms with Crippen LogP contribution in [0.25, 0.3) is 0 Å². The molecule has 0 spiro atoms. The van der Waals surface area contributed by atoms with Gasteiger partial charge in [0.05, 0.1) is 0 Å². The van der Waals surface area contributed by atoms with Gasteiger partial charge in [0.2, 0.25) is 0 Å². The van der Waals surface area contributed by atoms with Crippen LogP contribution in [-0.4, -0.2) is 79.3 Å². The fourth-order valence-corrected chi connectivity index (χ4v) is 5.17. The van der Waals surface area contributed by atoms with Gasteiger partial charge in [-0.2, -0.15) is 0 Å². The average molecular weight is 605 g/mol. The van der Waals surface area contributed by atoms with Crippen LogP contribution in [0.1, 0.15) is 182 Å². The molecule has 39 heavy (non-hydrogen) atoms. The van der Waals surface area contributed by atoms with Crippen molar-refractivity contribution in [3.05, 3.63) is 0 Å². The third-order valence-corrected chi connectivity index (χ3v) is 7.57. The molecule has 0 aliphatic rings. The van der Waals surface area contributed by atoms with Crippen molar-refractivity contribution in [3.8, 4) is 0 Å². The molecule has 5 nitrogen and oxygen atoms in total. The van der Waals surface area contributed by atoms with Gasteiger partial charge in [-0.25, -0.2) is 4.57 Å². The minimum atomic E-state index is -4.64. The van der Waals surface area contributed by atoms with Crippen LogP contribution < -0.4 is 0 Å². The predicted molar refractivity (Wildman–Crippen MR) is 173 cm³/mol. The fourth-order valence-electron chi connectivity index (χ4n) is 5.17. The van der Waals surface area contributed by atoms with Gasteiger partial charge in [-0.05, 0) is 37.5 Å². The molecule has 3 N–H and O–H groups in total. The van der Waals surface area contributed by atoms with E-state index in [1.807, 2.05) is 0 Å². The van der Waals surface area contributed by atoms with Crippen LogP contribution in [-0.2, 0) is 9.30 Å². The molecule has 2 unspecified atom stereocenters. The van der Waals surface area contributed by atoms with E-state index >= 15 is 0 Å². The fraction of sp³-hybridized carbons (Fsp3) is 1.00. The van der Waals surface area contributed by atoms with E-state index in [4.69, 9.17) is 24.0 Å². The van der Waals surface area contributed by atoms with Gasteiger partial charge in [0.1, 0.15) is 0 Å². The van der Waals surface area contributed by atoms with Gasteiger partial charge in [0.15, 0.2) is 0 Å². The van der Waals surface area contributed by atoms with E-state index in [2.05, 4.69) is 27.7 Å². The van der Waals surface area contributed by atoms with E-state index in [1.54, 1.807) is 0 Å². The number of hydrogen-bond acceptors (Lipinski definition) is 2. The molecule has 2 atom stereocenters. The molecule has 0 bridgehead atoms. The van der Waals surface area contributed by atoms with Gasteiger partial charge in [-0.15, -0.1) is 0 Å². The summed E-state index contributed by atoms with van der Waals surface area (Å²) in [5.74, 6) is 1.62. The summed E-state index contributed by atoms with van der Waals surface area (Å²) in [6.45, 7) is 11.3. The van der Waals surface area contributed by atoms with Gasteiger partial charge in [0, 0.05) is 13.2 Å². The summed E-state index contributed by atoms with van der Waals surface area (Å²) in [5.41, 5.74) is 0. The van der Waals surface area contributed by atoms with Crippen LogP contribution in [0, 0.1) is 11.8 Å². The second-order valence-electron chi connectivity index (χ2n) is 11.6. The van der Waals surface area contributed by atoms with Crippen molar-refractivity contribution < 1.29 is 24.0 Å². The van der Waals surface area contributed by atoms with Crippen molar-refractivity contribution in [1.82, 2.24) is 0 Å². The first-order valence-electron chi connectivity index (χ1n) is 16.6. The molecular weight excluding hydrogens is 534 g/mol. The van der Waals surface area contributed by atoms with Gasteiger partial charge < -0.3 is 19.4 Å². The van der Waals surface area contributed by atoms with Gasteiger partial charge in [-0.3, -0.25) is 0 Å². The van der Waals surface area contributed by atoms with Crippen LogP contribution in [0.2, 0.25) is 0 Å². The molecule has 0 saturated heterocycles. The maximum atomic E-state index is 8.88. The van der Waals surface area contributed by atoms with E-state index < -0.39 is 7.82 Å². The molecule has 0 fully saturated rings. The zero-order chi connectivity index (χ0) is 28.7. The predicted octanol–water partition coefficient (Wildman–Crippen LogP) is 10.1. The third-order valence-electron chi connectivity index (χ3n) is 7.57. The van der Waals surface area contributed by atoms with Crippen molar-refractivity contribution in [1.29, 1.82) is 0 Å². The van der Waals surface area contributed by atoms with Crippen molar-refractivity contribution in [2.75, 3.05) is 13.2 Å². The Bertz CT molecular complexity index is 449. The van der Waals surface area contributed by atoms with E-state index in [-0.39, 0.29) is 51.4 Å². The number of phosphoric acid groups is 1. The van der Waals surface area contributed by atoms with E-state index in [0.29, 0.717) is 0 Å². The minimum absolute atomic E-state index is 0. The summed E-state index contributed by atoms with van der Waals surface area (Å²) in [5, 5.41) is 0. The summed E-state index contributed by atoms with van der Waals surface area (Å²) in [7, 11) is -4.64. The summed E-state index contributed by atoms with van der Waals surface area (Å²) >= 11 is 0. The van der Waals surface area contributed by atoms with E-state index in [0.717, 1.165) is 25.0 Å². The summed E-state index contributed by atoms with van der Waals surface area (Å²) in [6, 6.07) is 0. The molecule has 0 aliphatic carbocycles. The Morgan fingerprint density at radius 1 is 0.462 bits per heavy atom. The Kier molecular flexibility index (Phi) is 41.6. The second kappa shape index (κ2) is 35.9. The van der Waals surface area contributed by atoms with Gasteiger partial charge >= 0.3 is 59.2 Å². The third kappa shape index (κ3) is 44.3. The second-order valence-corrected chi connectivity index (χ2v) is 12.6. The Balaban J connectivity index is -0.00000196. The molecular formula is C32H70KO5P. The molecule has 7 heteroatoms. The Morgan fingerprint density at radius 2 is 0.667 bits per heavy atom. The van der Waals surface area contributed by atoms with Gasteiger partial charge in [0.25, 0.3) is 0 Å². The molecule has 234 valence electrons. The topological polar surface area (TPSA) is 87.0 Å². The van der Waals surface area contributed by atoms with Gasteiger partial charge in [-0.1, -0.05) is 156 Å². The zero-order valence-corrected chi connectivity index (χ0v) is 27.0. The summed E-state index contributed by atoms with van der Waals surface area (Å²) in [4.78, 5) is 21.6. The van der Waals surface area contributed by atoms with Crippen molar-refractivity contribution in [3.63, 3.8) is 0 Å². The van der Waals surface area contributed by atoms with E-state index in [1.165, 1.54) is 154 Å². The van der Waals surface area contributed by atoms with Crippen LogP contribution >= 0.6 is 7.82 Å². The molecule has 0 aliphatic heterocycles. The molecule has 0 rings (SSSR count). The van der Waals surface area contributed by atoms with Crippen molar-refractivity contribution in [2.24, 2.45) is 11.8 Å². The number of rotatable bonds is 28. The average Bonchev–Trinajstić information content (AvgIpc) is 2.86. The summed E-state index contributed by atoms with van der Waals surface area (Å²) < 4.78 is 15.3. The molecule has 0 saturated carbocycles. The van der Waals surface area contributed by atoms with Crippen LogP contribution in [0.5, 0.6) is 0 Å². The molecule has 0 heterocycles. The summed E-state index contributed by atoms with van der Waals surface area (Å²) in [6.07, 6.45) is 33.8. The van der Waals surface area contributed by atoms with Crippen LogP contribution in [0.15, 0.2) is 0 Å². The molecule has 0 aromatic heterocycles. The molecule has 0 amide bonds. The standard InChI is InChI=1S/C32H66O.K.H3O4P.H/c1-5-9-13-17-19-23-27-31(25-21-15-11-7-3)29-33-30-32(26-22-16-12-8-4)28-24-20-18-14-10-6-2;;1-5(2,3)4;/h31-32H,5-30H2,1-4H3;;(H3,1,2,3,4);. The Labute approximate surface area is 287 Å². The van der Waals surface area contributed by atoms with Crippen molar-refractivity contribution in [2.45, 2.75) is 182 Å². The molecule has 0 aromatic rings. The molecule has 0 radical (unpaired) electrons. The quantitative estimate of drug-likeness (QED) is 0.0470. The Morgan fingerprint density at radius 3 is 0.923 bits per heavy atom. The Hall–Kier alpha value is 1.71. The van der Waals surface area contributed by atoms with Crippen molar-refractivity contribution >= 4 is 59.2 Å². The zero-order valence-electron chi connectivity index (χ0n) is 26.1. The maximum absolute atomic E-state index is 8.88.